The molecule has 0 saturated heterocycles. The molecule has 3 aromatic carbocycles. The summed E-state index contributed by atoms with van der Waals surface area (Å²) < 4.78 is 10.7. The number of carbonyl (C=O) groups excluding carboxylic acids is 1. The van der Waals surface area contributed by atoms with Crippen LogP contribution in [0.5, 0.6) is 11.5 Å². The summed E-state index contributed by atoms with van der Waals surface area (Å²) in [7, 11) is 0. The zero-order valence-corrected chi connectivity index (χ0v) is 18.6. The highest BCUT2D eigenvalue weighted by atomic mass is 32.4. The van der Waals surface area contributed by atoms with E-state index in [0.29, 0.717) is 13.2 Å². The summed E-state index contributed by atoms with van der Waals surface area (Å²) in [6.45, 7) is 7.56. The zero-order valence-electron chi connectivity index (χ0n) is 16.9. The molecule has 0 aliphatic carbocycles. The molecule has 1 heterocycles. The highest BCUT2D eigenvalue weighted by molar-refractivity contribution is 8.21. The van der Waals surface area contributed by atoms with Crippen molar-refractivity contribution in [2.75, 3.05) is 19.4 Å². The molecule has 5 heteroatoms. The highest BCUT2D eigenvalue weighted by Crippen LogP contribution is 2.42. The second-order valence-corrected chi connectivity index (χ2v) is 11.4. The normalized spacial score (nSPS) is 11.9. The smallest absolute Gasteiger partial charge is 0.161 e. The summed E-state index contributed by atoms with van der Waals surface area (Å²) in [5, 5.41) is 2.64. The molecule has 0 atom stereocenters. The Morgan fingerprint density at radius 3 is 1.79 bits per heavy atom. The Labute approximate surface area is 178 Å². The van der Waals surface area contributed by atoms with Gasteiger partial charge in [0.15, 0.2) is 11.5 Å². The van der Waals surface area contributed by atoms with Crippen molar-refractivity contribution in [3.05, 3.63) is 84.4 Å². The fraction of sp³-hybridized carbons (Fsp3) is 0.208. The summed E-state index contributed by atoms with van der Waals surface area (Å²) in [5.41, 5.74) is 1.20. The fourth-order valence-electron chi connectivity index (χ4n) is 3.00. The Kier molecular flexibility index (Phi) is 9.11. The predicted molar refractivity (Wildman–Crippen MR) is 126 cm³/mol. The fourth-order valence-corrected chi connectivity index (χ4v) is 6.07. The third-order valence-corrected chi connectivity index (χ3v) is 9.68. The van der Waals surface area contributed by atoms with E-state index < -0.39 is 6.04 Å². The standard InChI is InChI=1S/C14H15PS.C9H10O2.CH2O/c1-2-15(16,13-9-5-3-6-10-13)14-11-7-4-8-12-14;1-7-2-3-8-9(6-7)11-5-4-10-8;1-2/h3-12H,2H2,1H3;2-3,6H,4-5H2,1H3;1H2. The van der Waals surface area contributed by atoms with Crippen LogP contribution in [-0.4, -0.2) is 26.2 Å². The molecule has 0 bridgehead atoms. The molecule has 0 N–H and O–H groups in total. The molecule has 1 aliphatic rings. The van der Waals surface area contributed by atoms with Crippen LogP contribution in [0.1, 0.15) is 12.5 Å². The average Bonchev–Trinajstić information content (AvgIpc) is 2.81. The molecule has 3 nitrogen and oxygen atoms in total. The minimum Gasteiger partial charge on any atom is -0.486 e. The third kappa shape index (κ3) is 6.03. The molecule has 0 fully saturated rings. The van der Waals surface area contributed by atoms with Crippen molar-refractivity contribution in [1.29, 1.82) is 0 Å². The Hall–Kier alpha value is -2.42. The van der Waals surface area contributed by atoms with E-state index >= 15 is 0 Å². The Balaban J connectivity index is 0.000000201. The van der Waals surface area contributed by atoms with Crippen molar-refractivity contribution in [1.82, 2.24) is 0 Å². The number of hydrogen-bond donors (Lipinski definition) is 0. The maximum absolute atomic E-state index is 8.00. The van der Waals surface area contributed by atoms with E-state index in [4.69, 9.17) is 26.1 Å². The molecular weight excluding hydrogens is 399 g/mol. The van der Waals surface area contributed by atoms with Crippen LogP contribution in [0, 0.1) is 6.92 Å². The van der Waals surface area contributed by atoms with Crippen LogP contribution >= 0.6 is 6.04 Å². The van der Waals surface area contributed by atoms with Gasteiger partial charge in [-0.25, -0.2) is 0 Å². The van der Waals surface area contributed by atoms with Crippen LogP contribution in [0.3, 0.4) is 0 Å². The van der Waals surface area contributed by atoms with Gasteiger partial charge in [-0.2, -0.15) is 0 Å². The van der Waals surface area contributed by atoms with Gasteiger partial charge in [0.1, 0.15) is 20.0 Å². The van der Waals surface area contributed by atoms with Crippen LogP contribution in [0.2, 0.25) is 0 Å². The first-order valence-corrected chi connectivity index (χ1v) is 12.5. The number of aryl methyl sites for hydroxylation is 1. The van der Waals surface area contributed by atoms with Gasteiger partial charge in [0, 0.05) is 6.04 Å². The summed E-state index contributed by atoms with van der Waals surface area (Å²) in [6, 6.07) is 25.5. The number of rotatable bonds is 3. The number of ether oxygens (including phenoxy) is 2. The molecule has 0 spiro atoms. The van der Waals surface area contributed by atoms with E-state index in [0.717, 1.165) is 17.7 Å². The van der Waals surface area contributed by atoms with Gasteiger partial charge >= 0.3 is 0 Å². The first kappa shape index (κ1) is 22.9. The number of fused-ring (bicyclic) bond motifs is 1. The molecule has 4 rings (SSSR count). The second-order valence-electron chi connectivity index (χ2n) is 6.37. The first-order valence-electron chi connectivity index (χ1n) is 9.49. The molecular formula is C24H27O3PS. The minimum absolute atomic E-state index is 0.663. The van der Waals surface area contributed by atoms with Crippen molar-refractivity contribution < 1.29 is 14.3 Å². The minimum atomic E-state index is -1.57. The lowest BCUT2D eigenvalue weighted by Crippen LogP contribution is -2.16. The zero-order chi connectivity index (χ0) is 21.1. The molecule has 1 aliphatic heterocycles. The van der Waals surface area contributed by atoms with Crippen molar-refractivity contribution in [2.24, 2.45) is 0 Å². The lowest BCUT2D eigenvalue weighted by Gasteiger charge is -2.21. The van der Waals surface area contributed by atoms with E-state index in [9.17, 15) is 0 Å². The molecule has 29 heavy (non-hydrogen) atoms. The highest BCUT2D eigenvalue weighted by Gasteiger charge is 2.19. The Bertz CT molecular complexity index is 886. The maximum Gasteiger partial charge on any atom is 0.161 e. The molecule has 0 unspecified atom stereocenters. The SMILES string of the molecule is C=O.CCP(=S)(c1ccccc1)c1ccccc1.Cc1ccc2c(c1)OCCO2. The van der Waals surface area contributed by atoms with Gasteiger partial charge in [-0.05, 0) is 41.4 Å². The van der Waals surface area contributed by atoms with E-state index in [-0.39, 0.29) is 0 Å². The average molecular weight is 427 g/mol. The molecule has 0 saturated carbocycles. The summed E-state index contributed by atoms with van der Waals surface area (Å²) in [4.78, 5) is 8.00. The van der Waals surface area contributed by atoms with E-state index in [1.165, 1.54) is 16.2 Å². The lowest BCUT2D eigenvalue weighted by molar-refractivity contribution is -0.0979. The quantitative estimate of drug-likeness (QED) is 0.568. The van der Waals surface area contributed by atoms with Crippen LogP contribution in [-0.2, 0) is 16.6 Å². The summed E-state index contributed by atoms with van der Waals surface area (Å²) >= 11 is 5.95. The van der Waals surface area contributed by atoms with Gasteiger partial charge < -0.3 is 14.3 Å². The molecule has 0 amide bonds. The largest absolute Gasteiger partial charge is 0.486 e. The molecule has 3 aromatic rings. The number of carbonyl (C=O) groups is 1. The molecule has 0 aromatic heterocycles. The predicted octanol–water partition coefficient (Wildman–Crippen LogP) is 4.72. The van der Waals surface area contributed by atoms with Crippen molar-refractivity contribution in [3.8, 4) is 11.5 Å². The Morgan fingerprint density at radius 2 is 1.31 bits per heavy atom. The van der Waals surface area contributed by atoms with Gasteiger partial charge in [0.25, 0.3) is 0 Å². The van der Waals surface area contributed by atoms with Crippen LogP contribution in [0.25, 0.3) is 0 Å². The lowest BCUT2D eigenvalue weighted by atomic mass is 10.2. The van der Waals surface area contributed by atoms with Crippen molar-refractivity contribution in [3.63, 3.8) is 0 Å². The van der Waals surface area contributed by atoms with Crippen molar-refractivity contribution >= 4 is 35.2 Å². The van der Waals surface area contributed by atoms with E-state index in [1.807, 2.05) is 44.0 Å². The number of benzene rings is 3. The van der Waals surface area contributed by atoms with Gasteiger partial charge in [-0.1, -0.05) is 85.5 Å². The maximum atomic E-state index is 8.00. The second kappa shape index (κ2) is 11.5. The Morgan fingerprint density at radius 1 is 0.828 bits per heavy atom. The van der Waals surface area contributed by atoms with E-state index in [1.54, 1.807) is 0 Å². The number of hydrogen-bond acceptors (Lipinski definition) is 4. The monoisotopic (exact) mass is 426 g/mol. The van der Waals surface area contributed by atoms with Gasteiger partial charge in [-0.15, -0.1) is 0 Å². The topological polar surface area (TPSA) is 35.5 Å². The van der Waals surface area contributed by atoms with Crippen LogP contribution in [0.4, 0.5) is 0 Å². The van der Waals surface area contributed by atoms with E-state index in [2.05, 4.69) is 55.5 Å². The summed E-state index contributed by atoms with van der Waals surface area (Å²) in [6.07, 6.45) is 1.04. The van der Waals surface area contributed by atoms with Crippen LogP contribution < -0.4 is 20.1 Å². The first-order chi connectivity index (χ1) is 14.1. The van der Waals surface area contributed by atoms with Crippen LogP contribution in [0.15, 0.2) is 78.9 Å². The summed E-state index contributed by atoms with van der Waals surface area (Å²) in [5.74, 6) is 1.73. The van der Waals surface area contributed by atoms with Gasteiger partial charge in [0.05, 0.1) is 0 Å². The van der Waals surface area contributed by atoms with Gasteiger partial charge in [0.2, 0.25) is 0 Å². The molecule has 0 radical (unpaired) electrons. The van der Waals surface area contributed by atoms with Crippen molar-refractivity contribution in [2.45, 2.75) is 13.8 Å². The third-order valence-electron chi connectivity index (χ3n) is 4.49. The molecule has 152 valence electrons. The van der Waals surface area contributed by atoms with Gasteiger partial charge in [-0.3, -0.25) is 0 Å².